The number of benzene rings is 2. The highest BCUT2D eigenvalue weighted by Gasteiger charge is 2.22. The first kappa shape index (κ1) is 20.4. The topological polar surface area (TPSA) is 72.5 Å². The summed E-state index contributed by atoms with van der Waals surface area (Å²) in [4.78, 5) is 36.6. The Balaban J connectivity index is 2.01. The fraction of sp³-hybridized carbons (Fsp3) is 0.318. The van der Waals surface area contributed by atoms with Crippen LogP contribution >= 0.6 is 0 Å². The first-order valence-corrected chi connectivity index (χ1v) is 8.81. The van der Waals surface area contributed by atoms with Gasteiger partial charge in [0.2, 0.25) is 11.7 Å². The summed E-state index contributed by atoms with van der Waals surface area (Å²) in [5.74, 6) is -0.948. The van der Waals surface area contributed by atoms with E-state index in [0.717, 1.165) is 5.56 Å². The van der Waals surface area contributed by atoms with Gasteiger partial charge in [0.15, 0.2) is 6.10 Å². The van der Waals surface area contributed by atoms with E-state index in [1.165, 1.54) is 0 Å². The van der Waals surface area contributed by atoms with E-state index in [1.54, 1.807) is 43.3 Å². The molecule has 0 saturated carbocycles. The summed E-state index contributed by atoms with van der Waals surface area (Å²) in [5, 5.41) is 2.80. The minimum absolute atomic E-state index is 0.109. The van der Waals surface area contributed by atoms with Crippen LogP contribution in [0.3, 0.4) is 0 Å². The monoisotopic (exact) mass is 367 g/mol. The van der Waals surface area contributed by atoms with E-state index in [4.69, 9.17) is 4.74 Å². The number of anilines is 1. The van der Waals surface area contributed by atoms with Gasteiger partial charge >= 0.3 is 5.97 Å². The Morgan fingerprint density at radius 3 is 1.93 bits per heavy atom. The third-order valence-corrected chi connectivity index (χ3v) is 4.05. The summed E-state index contributed by atoms with van der Waals surface area (Å²) in [6.45, 7) is 8.94. The van der Waals surface area contributed by atoms with E-state index in [9.17, 15) is 14.4 Å². The maximum atomic E-state index is 12.5. The molecule has 0 fully saturated rings. The summed E-state index contributed by atoms with van der Waals surface area (Å²) < 4.78 is 5.27. The largest absolute Gasteiger partial charge is 0.451 e. The van der Waals surface area contributed by atoms with Crippen LogP contribution in [0.1, 0.15) is 54.0 Å². The van der Waals surface area contributed by atoms with E-state index in [0.29, 0.717) is 16.8 Å². The molecule has 1 N–H and O–H groups in total. The Kier molecular flexibility index (Phi) is 6.16. The highest BCUT2D eigenvalue weighted by Crippen LogP contribution is 2.18. The molecular formula is C22H25NO4. The van der Waals surface area contributed by atoms with Crippen LogP contribution in [0, 0.1) is 12.3 Å². The Bertz CT molecular complexity index is 830. The molecule has 0 heterocycles. The number of amides is 1. The molecule has 0 bridgehead atoms. The number of Topliss-reactive ketones (excluding diaryl/α,β-unsaturated/α-hetero) is 1. The minimum atomic E-state index is -0.909. The zero-order chi connectivity index (χ0) is 20.2. The molecule has 0 spiro atoms. The Labute approximate surface area is 159 Å². The number of hydrogen-bond donors (Lipinski definition) is 1. The molecule has 0 radical (unpaired) electrons. The predicted molar refractivity (Wildman–Crippen MR) is 105 cm³/mol. The highest BCUT2D eigenvalue weighted by atomic mass is 16.5. The van der Waals surface area contributed by atoms with Crippen LogP contribution in [0.2, 0.25) is 0 Å². The average Bonchev–Trinajstić information content (AvgIpc) is 2.61. The van der Waals surface area contributed by atoms with Gasteiger partial charge in [0.25, 0.3) is 0 Å². The smallest absolute Gasteiger partial charge is 0.338 e. The third-order valence-electron chi connectivity index (χ3n) is 4.05. The summed E-state index contributed by atoms with van der Waals surface area (Å²) in [6, 6.07) is 13.5. The maximum absolute atomic E-state index is 12.5. The Hall–Kier alpha value is -2.95. The van der Waals surface area contributed by atoms with Crippen LogP contribution in [0.15, 0.2) is 48.5 Å². The zero-order valence-corrected chi connectivity index (χ0v) is 16.3. The minimum Gasteiger partial charge on any atom is -0.451 e. The molecule has 27 heavy (non-hydrogen) atoms. The molecule has 5 nitrogen and oxygen atoms in total. The SMILES string of the molecule is Cc1ccc(C(=O)O[C@@H](C)C(=O)c2ccc(NC(=O)C(C)(C)C)cc2)cc1. The van der Waals surface area contributed by atoms with Crippen molar-refractivity contribution < 1.29 is 19.1 Å². The molecule has 2 aromatic rings. The molecule has 1 amide bonds. The number of carbonyl (C=O) groups excluding carboxylic acids is 3. The summed E-state index contributed by atoms with van der Waals surface area (Å²) in [5.41, 5.74) is 1.95. The number of ether oxygens (including phenoxy) is 1. The van der Waals surface area contributed by atoms with Gasteiger partial charge in [0.05, 0.1) is 5.56 Å². The first-order chi connectivity index (χ1) is 12.6. The summed E-state index contributed by atoms with van der Waals surface area (Å²) in [6.07, 6.45) is -0.909. The van der Waals surface area contributed by atoms with Crippen LogP contribution in [-0.4, -0.2) is 23.8 Å². The van der Waals surface area contributed by atoms with Gasteiger partial charge in [-0.25, -0.2) is 4.79 Å². The number of rotatable bonds is 5. The third kappa shape index (κ3) is 5.51. The van der Waals surface area contributed by atoms with Crippen LogP contribution in [0.5, 0.6) is 0 Å². The lowest BCUT2D eigenvalue weighted by Crippen LogP contribution is -2.27. The number of hydrogen-bond acceptors (Lipinski definition) is 4. The number of esters is 1. The van der Waals surface area contributed by atoms with Gasteiger partial charge < -0.3 is 10.1 Å². The average molecular weight is 367 g/mol. The molecule has 1 atom stereocenters. The maximum Gasteiger partial charge on any atom is 0.338 e. The van der Waals surface area contributed by atoms with Crippen LogP contribution in [-0.2, 0) is 9.53 Å². The molecular weight excluding hydrogens is 342 g/mol. The van der Waals surface area contributed by atoms with Crippen molar-refractivity contribution in [3.05, 3.63) is 65.2 Å². The highest BCUT2D eigenvalue weighted by molar-refractivity contribution is 6.02. The molecule has 142 valence electrons. The molecule has 5 heteroatoms. The number of ketones is 1. The van der Waals surface area contributed by atoms with Crippen LogP contribution < -0.4 is 5.32 Å². The second-order valence-corrected chi connectivity index (χ2v) is 7.56. The first-order valence-electron chi connectivity index (χ1n) is 8.81. The fourth-order valence-electron chi connectivity index (χ4n) is 2.24. The van der Waals surface area contributed by atoms with E-state index in [-0.39, 0.29) is 11.7 Å². The van der Waals surface area contributed by atoms with Crippen LogP contribution in [0.4, 0.5) is 5.69 Å². The quantitative estimate of drug-likeness (QED) is 0.628. The second kappa shape index (κ2) is 8.16. The molecule has 0 aromatic heterocycles. The van der Waals surface area contributed by atoms with E-state index in [1.807, 2.05) is 39.8 Å². The lowest BCUT2D eigenvalue weighted by atomic mass is 9.95. The number of nitrogens with one attached hydrogen (secondary N) is 1. The number of carbonyl (C=O) groups is 3. The van der Waals surface area contributed by atoms with Crippen LogP contribution in [0.25, 0.3) is 0 Å². The van der Waals surface area contributed by atoms with Crippen molar-refractivity contribution in [2.45, 2.75) is 40.7 Å². The molecule has 0 aliphatic carbocycles. The normalized spacial score (nSPS) is 12.2. The second-order valence-electron chi connectivity index (χ2n) is 7.56. The molecule has 0 aliphatic heterocycles. The fourth-order valence-corrected chi connectivity index (χ4v) is 2.24. The zero-order valence-electron chi connectivity index (χ0n) is 16.3. The lowest BCUT2D eigenvalue weighted by Gasteiger charge is -2.18. The van der Waals surface area contributed by atoms with Crippen molar-refractivity contribution in [1.82, 2.24) is 0 Å². The van der Waals surface area contributed by atoms with Gasteiger partial charge in [0, 0.05) is 16.7 Å². The van der Waals surface area contributed by atoms with Gasteiger partial charge in [-0.05, 0) is 50.2 Å². The predicted octanol–water partition coefficient (Wildman–Crippen LogP) is 4.41. The van der Waals surface area contributed by atoms with E-state index in [2.05, 4.69) is 5.32 Å². The van der Waals surface area contributed by atoms with Gasteiger partial charge in [0.1, 0.15) is 0 Å². The Morgan fingerprint density at radius 1 is 0.889 bits per heavy atom. The summed E-state index contributed by atoms with van der Waals surface area (Å²) in [7, 11) is 0. The van der Waals surface area contributed by atoms with E-state index < -0.39 is 17.5 Å². The molecule has 2 rings (SSSR count). The van der Waals surface area contributed by atoms with Crippen molar-refractivity contribution >= 4 is 23.3 Å². The van der Waals surface area contributed by atoms with Gasteiger partial charge in [-0.2, -0.15) is 0 Å². The van der Waals surface area contributed by atoms with Gasteiger partial charge in [-0.15, -0.1) is 0 Å². The van der Waals surface area contributed by atoms with Crippen molar-refractivity contribution in [2.24, 2.45) is 5.41 Å². The van der Waals surface area contributed by atoms with Crippen molar-refractivity contribution in [3.63, 3.8) is 0 Å². The Morgan fingerprint density at radius 2 is 1.41 bits per heavy atom. The molecule has 0 saturated heterocycles. The molecule has 0 unspecified atom stereocenters. The standard InChI is InChI=1S/C22H25NO4/c1-14-6-8-17(9-7-14)20(25)27-15(2)19(24)16-10-12-18(13-11-16)23-21(26)22(3,4)5/h6-13,15H,1-5H3,(H,23,26)/t15-/m0/s1. The lowest BCUT2D eigenvalue weighted by molar-refractivity contribution is -0.123. The van der Waals surface area contributed by atoms with Crippen molar-refractivity contribution in [1.29, 1.82) is 0 Å². The molecule has 0 aliphatic rings. The molecule has 2 aromatic carbocycles. The van der Waals surface area contributed by atoms with Gasteiger partial charge in [-0.3, -0.25) is 9.59 Å². The van der Waals surface area contributed by atoms with Crippen molar-refractivity contribution in [2.75, 3.05) is 5.32 Å². The summed E-state index contributed by atoms with van der Waals surface area (Å²) >= 11 is 0. The van der Waals surface area contributed by atoms with E-state index >= 15 is 0 Å². The van der Waals surface area contributed by atoms with Crippen molar-refractivity contribution in [3.8, 4) is 0 Å². The number of aryl methyl sites for hydroxylation is 1. The van der Waals surface area contributed by atoms with Gasteiger partial charge in [-0.1, -0.05) is 38.5 Å².